The monoisotopic (exact) mass is 327 g/mol. The lowest BCUT2D eigenvalue weighted by molar-refractivity contribution is -0.121. The molecule has 0 saturated heterocycles. The van der Waals surface area contributed by atoms with Gasteiger partial charge in [-0.3, -0.25) is 9.78 Å². The second kappa shape index (κ2) is 7.47. The van der Waals surface area contributed by atoms with Crippen LogP contribution in [0.4, 0.5) is 10.1 Å². The van der Waals surface area contributed by atoms with Gasteiger partial charge in [0.05, 0.1) is 18.5 Å². The molecule has 0 bridgehead atoms. The molecule has 2 heterocycles. The number of amides is 1. The van der Waals surface area contributed by atoms with Gasteiger partial charge in [0, 0.05) is 17.8 Å². The van der Waals surface area contributed by atoms with Crippen molar-refractivity contribution in [1.29, 1.82) is 0 Å². The first-order chi connectivity index (χ1) is 11.7. The van der Waals surface area contributed by atoms with Gasteiger partial charge in [-0.05, 0) is 36.4 Å². The van der Waals surface area contributed by atoms with Gasteiger partial charge >= 0.3 is 0 Å². The van der Waals surface area contributed by atoms with Gasteiger partial charge in [-0.1, -0.05) is 5.16 Å². The predicted molar refractivity (Wildman–Crippen MR) is 84.4 cm³/mol. The molecule has 0 aliphatic heterocycles. The Kier molecular flexibility index (Phi) is 4.93. The van der Waals surface area contributed by atoms with Crippen LogP contribution in [-0.2, 0) is 16.1 Å². The molecule has 7 heteroatoms. The summed E-state index contributed by atoms with van der Waals surface area (Å²) in [5, 5.41) is 6.52. The standard InChI is InChI=1S/C17H14FN3O3/c18-13-5-3-12(4-6-13)16-8-15(21-24-16)10-23-11-17(22)20-14-2-1-7-19-9-14/h1-9H,10-11H2,(H,20,22). The van der Waals surface area contributed by atoms with E-state index in [1.165, 1.54) is 12.1 Å². The van der Waals surface area contributed by atoms with Crippen LogP contribution >= 0.6 is 0 Å². The Labute approximate surface area is 137 Å². The van der Waals surface area contributed by atoms with Crippen molar-refractivity contribution in [3.63, 3.8) is 0 Å². The zero-order valence-corrected chi connectivity index (χ0v) is 12.6. The Hall–Kier alpha value is -3.06. The molecule has 1 aromatic carbocycles. The SMILES string of the molecule is O=C(COCc1cc(-c2ccc(F)cc2)on1)Nc1cccnc1. The number of hydrogen-bond acceptors (Lipinski definition) is 5. The summed E-state index contributed by atoms with van der Waals surface area (Å²) in [5.41, 5.74) is 1.86. The summed E-state index contributed by atoms with van der Waals surface area (Å²) in [6, 6.07) is 11.0. The molecule has 122 valence electrons. The fraction of sp³-hybridized carbons (Fsp3) is 0.118. The number of carbonyl (C=O) groups excluding carboxylic acids is 1. The van der Waals surface area contributed by atoms with Crippen LogP contribution in [0.5, 0.6) is 0 Å². The van der Waals surface area contributed by atoms with Crippen molar-refractivity contribution in [2.75, 3.05) is 11.9 Å². The summed E-state index contributed by atoms with van der Waals surface area (Å²) in [5.74, 6) is -0.0971. The van der Waals surface area contributed by atoms with Gasteiger partial charge in [0.1, 0.15) is 18.1 Å². The van der Waals surface area contributed by atoms with E-state index in [2.05, 4.69) is 15.5 Å². The lowest BCUT2D eigenvalue weighted by Crippen LogP contribution is -2.18. The molecule has 0 radical (unpaired) electrons. The van der Waals surface area contributed by atoms with Crippen LogP contribution < -0.4 is 5.32 Å². The van der Waals surface area contributed by atoms with Crippen LogP contribution in [0, 0.1) is 5.82 Å². The molecule has 0 spiro atoms. The maximum absolute atomic E-state index is 12.9. The number of rotatable bonds is 6. The van der Waals surface area contributed by atoms with Crippen molar-refractivity contribution in [2.24, 2.45) is 0 Å². The van der Waals surface area contributed by atoms with Crippen LogP contribution in [0.1, 0.15) is 5.69 Å². The van der Waals surface area contributed by atoms with E-state index in [0.29, 0.717) is 22.7 Å². The number of hydrogen-bond donors (Lipinski definition) is 1. The summed E-state index contributed by atoms with van der Waals surface area (Å²) < 4.78 is 23.4. The van der Waals surface area contributed by atoms with Crippen LogP contribution in [-0.4, -0.2) is 22.7 Å². The van der Waals surface area contributed by atoms with Crippen LogP contribution in [0.3, 0.4) is 0 Å². The molecule has 0 aliphatic carbocycles. The summed E-state index contributed by atoms with van der Waals surface area (Å²) in [7, 11) is 0. The largest absolute Gasteiger partial charge is 0.365 e. The first-order valence-corrected chi connectivity index (χ1v) is 7.20. The third kappa shape index (κ3) is 4.23. The fourth-order valence-corrected chi connectivity index (χ4v) is 2.01. The molecule has 1 N–H and O–H groups in total. The van der Waals surface area contributed by atoms with Gasteiger partial charge in [0.25, 0.3) is 0 Å². The van der Waals surface area contributed by atoms with E-state index in [9.17, 15) is 9.18 Å². The zero-order chi connectivity index (χ0) is 16.8. The highest BCUT2D eigenvalue weighted by molar-refractivity contribution is 5.91. The van der Waals surface area contributed by atoms with Crippen molar-refractivity contribution in [2.45, 2.75) is 6.61 Å². The number of carbonyl (C=O) groups is 1. The average molecular weight is 327 g/mol. The van der Waals surface area contributed by atoms with Gasteiger partial charge in [0.15, 0.2) is 5.76 Å². The minimum Gasteiger partial charge on any atom is -0.365 e. The van der Waals surface area contributed by atoms with Crippen molar-refractivity contribution < 1.29 is 18.4 Å². The summed E-state index contributed by atoms with van der Waals surface area (Å²) in [6.07, 6.45) is 3.17. The van der Waals surface area contributed by atoms with Gasteiger partial charge in [0.2, 0.25) is 5.91 Å². The van der Waals surface area contributed by atoms with Crippen LogP contribution in [0.15, 0.2) is 59.4 Å². The Morgan fingerprint density at radius 2 is 2.08 bits per heavy atom. The van der Waals surface area contributed by atoms with E-state index in [1.54, 1.807) is 42.7 Å². The van der Waals surface area contributed by atoms with E-state index in [0.717, 1.165) is 0 Å². The number of anilines is 1. The Morgan fingerprint density at radius 1 is 1.25 bits per heavy atom. The maximum Gasteiger partial charge on any atom is 0.250 e. The lowest BCUT2D eigenvalue weighted by atomic mass is 10.1. The molecule has 0 unspecified atom stereocenters. The number of aromatic nitrogens is 2. The highest BCUT2D eigenvalue weighted by atomic mass is 19.1. The molecular formula is C17H14FN3O3. The van der Waals surface area contributed by atoms with Gasteiger partial charge in [-0.2, -0.15) is 0 Å². The normalized spacial score (nSPS) is 10.5. The number of nitrogens with one attached hydrogen (secondary N) is 1. The number of halogens is 1. The van der Waals surface area contributed by atoms with Crippen molar-refractivity contribution >= 4 is 11.6 Å². The Bertz CT molecular complexity index is 803. The zero-order valence-electron chi connectivity index (χ0n) is 12.6. The second-order valence-corrected chi connectivity index (χ2v) is 4.97. The first-order valence-electron chi connectivity index (χ1n) is 7.20. The quantitative estimate of drug-likeness (QED) is 0.753. The highest BCUT2D eigenvalue weighted by Gasteiger charge is 2.08. The summed E-state index contributed by atoms with van der Waals surface area (Å²) >= 11 is 0. The van der Waals surface area contributed by atoms with Gasteiger partial charge in [-0.15, -0.1) is 0 Å². The van der Waals surface area contributed by atoms with E-state index >= 15 is 0 Å². The Balaban J connectivity index is 1.49. The van der Waals surface area contributed by atoms with Crippen LogP contribution in [0.25, 0.3) is 11.3 Å². The molecule has 6 nitrogen and oxygen atoms in total. The number of nitrogens with zero attached hydrogens (tertiary/aromatic N) is 2. The molecule has 2 aromatic heterocycles. The molecular weight excluding hydrogens is 313 g/mol. The molecule has 0 fully saturated rings. The minimum atomic E-state index is -0.318. The average Bonchev–Trinajstić information content (AvgIpc) is 3.05. The van der Waals surface area contributed by atoms with E-state index in [-0.39, 0.29) is 24.9 Å². The minimum absolute atomic E-state index is 0.117. The number of pyridine rings is 1. The van der Waals surface area contributed by atoms with Crippen molar-refractivity contribution in [3.8, 4) is 11.3 Å². The summed E-state index contributed by atoms with van der Waals surface area (Å²) in [4.78, 5) is 15.6. The first kappa shape index (κ1) is 15.8. The Morgan fingerprint density at radius 3 is 2.83 bits per heavy atom. The molecule has 3 aromatic rings. The molecule has 24 heavy (non-hydrogen) atoms. The van der Waals surface area contributed by atoms with Crippen LogP contribution in [0.2, 0.25) is 0 Å². The smallest absolute Gasteiger partial charge is 0.250 e. The van der Waals surface area contributed by atoms with E-state index in [4.69, 9.17) is 9.26 Å². The topological polar surface area (TPSA) is 77.2 Å². The van der Waals surface area contributed by atoms with E-state index < -0.39 is 0 Å². The third-order valence-electron chi connectivity index (χ3n) is 3.12. The number of benzene rings is 1. The second-order valence-electron chi connectivity index (χ2n) is 4.97. The molecule has 3 rings (SSSR count). The van der Waals surface area contributed by atoms with Crippen molar-refractivity contribution in [3.05, 3.63) is 66.4 Å². The third-order valence-corrected chi connectivity index (χ3v) is 3.12. The van der Waals surface area contributed by atoms with Crippen molar-refractivity contribution in [1.82, 2.24) is 10.1 Å². The molecule has 1 amide bonds. The maximum atomic E-state index is 12.9. The van der Waals surface area contributed by atoms with Gasteiger partial charge in [-0.25, -0.2) is 4.39 Å². The molecule has 0 atom stereocenters. The molecule has 0 aliphatic rings. The van der Waals surface area contributed by atoms with E-state index in [1.807, 2.05) is 0 Å². The highest BCUT2D eigenvalue weighted by Crippen LogP contribution is 2.20. The predicted octanol–water partition coefficient (Wildman–Crippen LogP) is 3.03. The number of ether oxygens (including phenoxy) is 1. The van der Waals surface area contributed by atoms with Gasteiger partial charge < -0.3 is 14.6 Å². The fourth-order valence-electron chi connectivity index (χ4n) is 2.01. The summed E-state index contributed by atoms with van der Waals surface area (Å²) in [6.45, 7) is 0.0127. The lowest BCUT2D eigenvalue weighted by Gasteiger charge is -2.04. The molecule has 0 saturated carbocycles.